The monoisotopic (exact) mass is 273 g/mol. The summed E-state index contributed by atoms with van der Waals surface area (Å²) < 4.78 is 43.6. The predicted octanol–water partition coefficient (Wildman–Crippen LogP) is 3.17. The molecule has 5 heteroatoms. The zero-order chi connectivity index (χ0) is 13.9. The van der Waals surface area contributed by atoms with Crippen LogP contribution in [0.25, 0.3) is 0 Å². The fourth-order valence-electron chi connectivity index (χ4n) is 2.63. The van der Waals surface area contributed by atoms with Crippen molar-refractivity contribution in [1.82, 2.24) is 0 Å². The summed E-state index contributed by atoms with van der Waals surface area (Å²) in [4.78, 5) is 0. The maximum absolute atomic E-state index is 12.7. The Morgan fingerprint density at radius 2 is 2.16 bits per heavy atom. The highest BCUT2D eigenvalue weighted by molar-refractivity contribution is 5.29. The van der Waals surface area contributed by atoms with Crippen molar-refractivity contribution in [3.63, 3.8) is 0 Å². The summed E-state index contributed by atoms with van der Waals surface area (Å²) in [6.07, 6.45) is -2.41. The number of hydrogen-bond donors (Lipinski definition) is 1. The number of nitrogens with two attached hydrogens (primary N) is 1. The lowest BCUT2D eigenvalue weighted by Gasteiger charge is -2.30. The van der Waals surface area contributed by atoms with E-state index in [0.717, 1.165) is 25.5 Å². The lowest BCUT2D eigenvalue weighted by atomic mass is 9.82. The Bertz CT molecular complexity index is 413. The number of alkyl halides is 3. The Morgan fingerprint density at radius 1 is 1.37 bits per heavy atom. The Kier molecular flexibility index (Phi) is 4.47. The van der Waals surface area contributed by atoms with Crippen molar-refractivity contribution in [2.75, 3.05) is 19.8 Å². The van der Waals surface area contributed by atoms with Gasteiger partial charge in [0.25, 0.3) is 0 Å². The second-order valence-electron chi connectivity index (χ2n) is 4.94. The topological polar surface area (TPSA) is 35.2 Å². The quantitative estimate of drug-likeness (QED) is 0.918. The van der Waals surface area contributed by atoms with Crippen LogP contribution < -0.4 is 5.73 Å². The molecule has 2 nitrogen and oxygen atoms in total. The summed E-state index contributed by atoms with van der Waals surface area (Å²) >= 11 is 0. The van der Waals surface area contributed by atoms with E-state index in [9.17, 15) is 13.2 Å². The highest BCUT2D eigenvalue weighted by Gasteiger charge is 2.32. The van der Waals surface area contributed by atoms with E-state index in [1.807, 2.05) is 0 Å². The molecule has 0 aliphatic carbocycles. The largest absolute Gasteiger partial charge is 0.416 e. The van der Waals surface area contributed by atoms with Gasteiger partial charge in [0.1, 0.15) is 0 Å². The predicted molar refractivity (Wildman–Crippen MR) is 66.8 cm³/mol. The van der Waals surface area contributed by atoms with E-state index in [-0.39, 0.29) is 11.8 Å². The van der Waals surface area contributed by atoms with E-state index in [1.54, 1.807) is 6.07 Å². The van der Waals surface area contributed by atoms with E-state index >= 15 is 0 Å². The molecule has 0 spiro atoms. The summed E-state index contributed by atoms with van der Waals surface area (Å²) in [6.45, 7) is 1.66. The van der Waals surface area contributed by atoms with Gasteiger partial charge in [0.05, 0.1) is 12.2 Å². The van der Waals surface area contributed by atoms with Gasteiger partial charge in [-0.15, -0.1) is 0 Å². The molecule has 0 saturated carbocycles. The van der Waals surface area contributed by atoms with Crippen molar-refractivity contribution >= 4 is 0 Å². The van der Waals surface area contributed by atoms with Crippen LogP contribution in [0.1, 0.15) is 29.9 Å². The minimum absolute atomic E-state index is 0.0670. The first-order chi connectivity index (χ1) is 9.02. The molecule has 2 N–H and O–H groups in total. The number of benzene rings is 1. The van der Waals surface area contributed by atoms with Gasteiger partial charge in [0, 0.05) is 12.5 Å². The average Bonchev–Trinajstić information content (AvgIpc) is 2.40. The van der Waals surface area contributed by atoms with Crippen molar-refractivity contribution in [3.8, 4) is 0 Å². The van der Waals surface area contributed by atoms with Crippen molar-refractivity contribution in [2.45, 2.75) is 24.9 Å². The van der Waals surface area contributed by atoms with Crippen LogP contribution in [0.2, 0.25) is 0 Å². The average molecular weight is 273 g/mol. The fraction of sp³-hybridized carbons (Fsp3) is 0.571. The van der Waals surface area contributed by atoms with E-state index in [1.165, 1.54) is 12.1 Å². The van der Waals surface area contributed by atoms with Crippen molar-refractivity contribution < 1.29 is 17.9 Å². The van der Waals surface area contributed by atoms with Crippen LogP contribution in [0.5, 0.6) is 0 Å². The molecule has 0 amide bonds. The number of hydrogen-bond acceptors (Lipinski definition) is 2. The van der Waals surface area contributed by atoms with Gasteiger partial charge in [-0.25, -0.2) is 0 Å². The van der Waals surface area contributed by atoms with Gasteiger partial charge in [-0.05, 0) is 36.9 Å². The molecule has 2 atom stereocenters. The SMILES string of the molecule is NCC(c1cccc(C(F)(F)F)c1)C1CCCOC1. The van der Waals surface area contributed by atoms with E-state index in [4.69, 9.17) is 10.5 Å². The Hall–Kier alpha value is -1.07. The molecule has 1 saturated heterocycles. The van der Waals surface area contributed by atoms with Crippen LogP contribution in [0, 0.1) is 5.92 Å². The lowest BCUT2D eigenvalue weighted by Crippen LogP contribution is -2.28. The van der Waals surface area contributed by atoms with Crippen LogP contribution >= 0.6 is 0 Å². The van der Waals surface area contributed by atoms with Crippen LogP contribution in [-0.2, 0) is 10.9 Å². The molecule has 106 valence electrons. The van der Waals surface area contributed by atoms with Gasteiger partial charge in [0.15, 0.2) is 0 Å². The molecule has 1 fully saturated rings. The second-order valence-corrected chi connectivity index (χ2v) is 4.94. The van der Waals surface area contributed by atoms with Gasteiger partial charge in [0.2, 0.25) is 0 Å². The molecule has 2 unspecified atom stereocenters. The molecule has 1 heterocycles. The van der Waals surface area contributed by atoms with E-state index < -0.39 is 11.7 Å². The summed E-state index contributed by atoms with van der Waals surface area (Å²) in [6, 6.07) is 5.48. The van der Waals surface area contributed by atoms with Gasteiger partial charge < -0.3 is 10.5 Å². The van der Waals surface area contributed by atoms with Gasteiger partial charge >= 0.3 is 6.18 Å². The highest BCUT2D eigenvalue weighted by atomic mass is 19.4. The summed E-state index contributed by atoms with van der Waals surface area (Å²) in [7, 11) is 0. The van der Waals surface area contributed by atoms with Crippen LogP contribution in [0.15, 0.2) is 24.3 Å². The Labute approximate surface area is 110 Å². The standard InChI is InChI=1S/C14H18F3NO/c15-14(16,17)12-5-1-3-10(7-12)13(8-18)11-4-2-6-19-9-11/h1,3,5,7,11,13H,2,4,6,8-9,18H2. The number of halogens is 3. The smallest absolute Gasteiger partial charge is 0.381 e. The van der Waals surface area contributed by atoms with Crippen molar-refractivity contribution in [1.29, 1.82) is 0 Å². The number of ether oxygens (including phenoxy) is 1. The first-order valence-electron chi connectivity index (χ1n) is 6.47. The van der Waals surface area contributed by atoms with Gasteiger partial charge in [-0.2, -0.15) is 13.2 Å². The molecule has 0 aromatic heterocycles. The number of rotatable bonds is 3. The van der Waals surface area contributed by atoms with E-state index in [0.29, 0.717) is 18.7 Å². The Morgan fingerprint density at radius 3 is 2.74 bits per heavy atom. The first-order valence-corrected chi connectivity index (χ1v) is 6.47. The molecule has 1 aliphatic heterocycles. The molecule has 2 rings (SSSR count). The zero-order valence-electron chi connectivity index (χ0n) is 10.6. The summed E-state index contributed by atoms with van der Waals surface area (Å²) in [5, 5.41) is 0. The first kappa shape index (κ1) is 14.3. The van der Waals surface area contributed by atoms with Crippen LogP contribution in [-0.4, -0.2) is 19.8 Å². The third-order valence-corrected chi connectivity index (χ3v) is 3.66. The normalized spacial score (nSPS) is 22.2. The minimum Gasteiger partial charge on any atom is -0.381 e. The molecule has 0 bridgehead atoms. The highest BCUT2D eigenvalue weighted by Crippen LogP contribution is 2.34. The van der Waals surface area contributed by atoms with Crippen molar-refractivity contribution in [3.05, 3.63) is 35.4 Å². The lowest BCUT2D eigenvalue weighted by molar-refractivity contribution is -0.137. The molecule has 1 aliphatic rings. The molecule has 0 radical (unpaired) electrons. The molecule has 1 aromatic rings. The summed E-state index contributed by atoms with van der Waals surface area (Å²) in [5.74, 6) is 0.143. The molecule has 19 heavy (non-hydrogen) atoms. The Balaban J connectivity index is 2.22. The molecular weight excluding hydrogens is 255 g/mol. The third-order valence-electron chi connectivity index (χ3n) is 3.66. The van der Waals surface area contributed by atoms with E-state index in [2.05, 4.69) is 0 Å². The molecule has 1 aromatic carbocycles. The van der Waals surface area contributed by atoms with Crippen molar-refractivity contribution in [2.24, 2.45) is 11.7 Å². The third kappa shape index (κ3) is 3.48. The summed E-state index contributed by atoms with van der Waals surface area (Å²) in [5.41, 5.74) is 5.81. The van der Waals surface area contributed by atoms with Crippen LogP contribution in [0.4, 0.5) is 13.2 Å². The fourth-order valence-corrected chi connectivity index (χ4v) is 2.63. The van der Waals surface area contributed by atoms with Crippen LogP contribution in [0.3, 0.4) is 0 Å². The maximum atomic E-state index is 12.7. The minimum atomic E-state index is -4.31. The van der Waals surface area contributed by atoms with Gasteiger partial charge in [-0.1, -0.05) is 18.2 Å². The molecular formula is C14H18F3NO. The zero-order valence-corrected chi connectivity index (χ0v) is 10.6. The van der Waals surface area contributed by atoms with Gasteiger partial charge in [-0.3, -0.25) is 0 Å². The maximum Gasteiger partial charge on any atom is 0.416 e. The second kappa shape index (κ2) is 5.92.